The number of esters is 1. The number of Topliss-reactive ketones (excluding diaryl/α,β-unsaturated/α-hetero) is 1. The Morgan fingerprint density at radius 1 is 1.09 bits per heavy atom. The van der Waals surface area contributed by atoms with Gasteiger partial charge in [0.05, 0.1) is 24.7 Å². The van der Waals surface area contributed by atoms with Crippen LogP contribution in [-0.2, 0) is 40.1 Å². The molecule has 1 aromatic heterocycles. The van der Waals surface area contributed by atoms with Crippen molar-refractivity contribution in [2.45, 2.75) is 32.7 Å². The van der Waals surface area contributed by atoms with E-state index in [1.807, 2.05) is 42.5 Å². The van der Waals surface area contributed by atoms with Gasteiger partial charge in [-0.15, -0.1) is 0 Å². The molecule has 3 aromatic rings. The van der Waals surface area contributed by atoms with Crippen LogP contribution >= 0.6 is 15.9 Å². The molecule has 6 heteroatoms. The number of rotatable bonds is 8. The lowest BCUT2D eigenvalue weighted by Crippen LogP contribution is -2.08. The monoisotopic (exact) mass is 504 g/mol. The molecule has 1 heterocycles. The lowest BCUT2D eigenvalue weighted by molar-refractivity contribution is -0.136. The van der Waals surface area contributed by atoms with Gasteiger partial charge in [0.15, 0.2) is 0 Å². The van der Waals surface area contributed by atoms with Gasteiger partial charge in [0, 0.05) is 35.9 Å². The molecule has 4 rings (SSSR count). The second-order valence-electron chi connectivity index (χ2n) is 8.20. The highest BCUT2D eigenvalue weighted by molar-refractivity contribution is 9.10. The maximum absolute atomic E-state index is 12.6. The number of halogens is 1. The fourth-order valence-corrected chi connectivity index (χ4v) is 4.35. The highest BCUT2D eigenvalue weighted by Crippen LogP contribution is 2.26. The van der Waals surface area contributed by atoms with Gasteiger partial charge in [-0.05, 0) is 52.9 Å². The first-order valence-electron chi connectivity index (χ1n) is 10.8. The Morgan fingerprint density at radius 3 is 2.70 bits per heavy atom. The quantitative estimate of drug-likeness (QED) is 0.425. The number of hydrogen-bond donors (Lipinski definition) is 1. The molecule has 0 bridgehead atoms. The average molecular weight is 505 g/mol. The molecule has 0 atom stereocenters. The number of aryl methyl sites for hydroxylation is 1. The molecule has 1 aliphatic rings. The molecule has 168 valence electrons. The highest BCUT2D eigenvalue weighted by Gasteiger charge is 2.20. The molecule has 0 saturated carbocycles. The Morgan fingerprint density at radius 2 is 1.91 bits per heavy atom. The topological polar surface area (TPSA) is 68.3 Å². The molecule has 5 nitrogen and oxygen atoms in total. The first-order chi connectivity index (χ1) is 15.9. The van der Waals surface area contributed by atoms with Crippen LogP contribution < -0.4 is 5.32 Å². The van der Waals surface area contributed by atoms with Crippen LogP contribution in [0.2, 0.25) is 0 Å². The predicted molar refractivity (Wildman–Crippen MR) is 133 cm³/mol. The van der Waals surface area contributed by atoms with E-state index >= 15 is 0 Å². The predicted octanol–water partition coefficient (Wildman–Crippen LogP) is 5.23. The van der Waals surface area contributed by atoms with Crippen molar-refractivity contribution < 1.29 is 14.3 Å². The minimum Gasteiger partial charge on any atom is -0.466 e. The summed E-state index contributed by atoms with van der Waals surface area (Å²) in [6.07, 6.45) is 4.92. The third kappa shape index (κ3) is 5.57. The van der Waals surface area contributed by atoms with Gasteiger partial charge in [0.2, 0.25) is 0 Å². The average Bonchev–Trinajstić information content (AvgIpc) is 3.24. The highest BCUT2D eigenvalue weighted by atomic mass is 79.9. The smallest absolute Gasteiger partial charge is 0.334 e. The Labute approximate surface area is 202 Å². The molecule has 0 aliphatic heterocycles. The van der Waals surface area contributed by atoms with Gasteiger partial charge in [-0.2, -0.15) is 0 Å². The number of aromatic nitrogens is 1. The van der Waals surface area contributed by atoms with E-state index in [-0.39, 0.29) is 11.8 Å². The Hall–Kier alpha value is -3.25. The molecule has 0 spiro atoms. The number of benzene rings is 2. The number of pyridine rings is 1. The van der Waals surface area contributed by atoms with E-state index in [1.165, 1.54) is 7.11 Å². The Bertz CT molecular complexity index is 1250. The molecule has 0 fully saturated rings. The maximum atomic E-state index is 12.6. The number of fused-ring (bicyclic) bond motifs is 1. The van der Waals surface area contributed by atoms with Crippen LogP contribution in [0.4, 0.5) is 5.69 Å². The van der Waals surface area contributed by atoms with Crippen LogP contribution in [0.3, 0.4) is 0 Å². The molecule has 0 unspecified atom stereocenters. The SMILES string of the molecule is COC(=O)C1=Cc2cc(NCc3cc(CC(=O)Cc4ccccc4Br)ccc3C)cnc2C1. The Kier molecular flexibility index (Phi) is 7.04. The molecular weight excluding hydrogens is 480 g/mol. The molecule has 0 amide bonds. The standard InChI is InChI=1S/C27H25BrN2O3/c1-17-7-8-18(10-24(31)13-19-5-3-4-6-25(19)28)9-22(17)15-29-23-12-20-11-21(27(32)33-2)14-26(20)30-16-23/h3-9,11-12,16,29H,10,13-15H2,1-2H3. The first-order valence-corrected chi connectivity index (χ1v) is 11.6. The normalized spacial score (nSPS) is 12.2. The van der Waals surface area contributed by atoms with Crippen molar-refractivity contribution in [3.63, 3.8) is 0 Å². The van der Waals surface area contributed by atoms with Gasteiger partial charge in [0.25, 0.3) is 0 Å². The number of nitrogens with zero attached hydrogens (tertiary/aromatic N) is 1. The van der Waals surface area contributed by atoms with Gasteiger partial charge in [0.1, 0.15) is 5.78 Å². The summed E-state index contributed by atoms with van der Waals surface area (Å²) in [6, 6.07) is 16.0. The van der Waals surface area contributed by atoms with E-state index in [0.29, 0.717) is 31.4 Å². The summed E-state index contributed by atoms with van der Waals surface area (Å²) in [4.78, 5) is 28.9. The van der Waals surface area contributed by atoms with Crippen LogP contribution in [0.15, 0.2) is 64.8 Å². The number of carbonyl (C=O) groups excluding carboxylic acids is 2. The fraction of sp³-hybridized carbons (Fsp3) is 0.222. The number of carbonyl (C=O) groups is 2. The second-order valence-corrected chi connectivity index (χ2v) is 9.05. The van der Waals surface area contributed by atoms with Crippen LogP contribution in [0.1, 0.15) is 33.5 Å². The summed E-state index contributed by atoms with van der Waals surface area (Å²) in [7, 11) is 1.39. The number of methoxy groups -OCH3 is 1. The minimum atomic E-state index is -0.316. The molecule has 1 N–H and O–H groups in total. The lowest BCUT2D eigenvalue weighted by Gasteiger charge is -2.12. The molecule has 0 radical (unpaired) electrons. The minimum absolute atomic E-state index is 0.181. The number of hydrogen-bond acceptors (Lipinski definition) is 5. The number of ether oxygens (including phenoxy) is 1. The number of anilines is 1. The molecular formula is C27H25BrN2O3. The number of nitrogens with one attached hydrogen (secondary N) is 1. The van der Waals surface area contributed by atoms with Gasteiger partial charge in [-0.25, -0.2) is 4.79 Å². The van der Waals surface area contributed by atoms with E-state index < -0.39 is 0 Å². The van der Waals surface area contributed by atoms with Crippen LogP contribution in [0, 0.1) is 6.92 Å². The van der Waals surface area contributed by atoms with Crippen molar-refractivity contribution >= 4 is 39.4 Å². The molecule has 33 heavy (non-hydrogen) atoms. The molecule has 0 saturated heterocycles. The van der Waals surface area contributed by atoms with E-state index in [2.05, 4.69) is 45.3 Å². The third-order valence-corrected chi connectivity index (χ3v) is 6.56. The second kappa shape index (κ2) is 10.1. The first kappa shape index (κ1) is 22.9. The Balaban J connectivity index is 1.41. The van der Waals surface area contributed by atoms with Crippen molar-refractivity contribution in [3.8, 4) is 0 Å². The van der Waals surface area contributed by atoms with Gasteiger partial charge in [-0.3, -0.25) is 9.78 Å². The van der Waals surface area contributed by atoms with E-state index in [4.69, 9.17) is 4.74 Å². The lowest BCUT2D eigenvalue weighted by atomic mass is 9.99. The van der Waals surface area contributed by atoms with Crippen LogP contribution in [0.5, 0.6) is 0 Å². The molecule has 1 aliphatic carbocycles. The zero-order chi connectivity index (χ0) is 23.4. The summed E-state index contributed by atoms with van der Waals surface area (Å²) in [5.74, 6) is -0.134. The van der Waals surface area contributed by atoms with Crippen LogP contribution in [0.25, 0.3) is 6.08 Å². The zero-order valence-corrected chi connectivity index (χ0v) is 20.2. The summed E-state index contributed by atoms with van der Waals surface area (Å²) < 4.78 is 5.78. The van der Waals surface area contributed by atoms with E-state index in [0.717, 1.165) is 43.7 Å². The van der Waals surface area contributed by atoms with Gasteiger partial charge >= 0.3 is 5.97 Å². The summed E-state index contributed by atoms with van der Waals surface area (Å²) in [6.45, 7) is 2.68. The molecule has 2 aromatic carbocycles. The van der Waals surface area contributed by atoms with Crippen LogP contribution in [-0.4, -0.2) is 23.8 Å². The number of ketones is 1. The maximum Gasteiger partial charge on any atom is 0.334 e. The van der Waals surface area contributed by atoms with Crippen molar-refractivity contribution in [1.29, 1.82) is 0 Å². The fourth-order valence-electron chi connectivity index (χ4n) is 3.93. The van der Waals surface area contributed by atoms with E-state index in [9.17, 15) is 9.59 Å². The summed E-state index contributed by atoms with van der Waals surface area (Å²) in [5.41, 5.74) is 7.61. The third-order valence-electron chi connectivity index (χ3n) is 5.78. The van der Waals surface area contributed by atoms with Gasteiger partial charge in [-0.1, -0.05) is 52.3 Å². The summed E-state index contributed by atoms with van der Waals surface area (Å²) in [5, 5.41) is 3.42. The van der Waals surface area contributed by atoms with Crippen molar-refractivity contribution in [2.24, 2.45) is 0 Å². The largest absolute Gasteiger partial charge is 0.466 e. The van der Waals surface area contributed by atoms with Gasteiger partial charge < -0.3 is 10.1 Å². The van der Waals surface area contributed by atoms with Crippen molar-refractivity contribution in [3.05, 3.63) is 98.3 Å². The van der Waals surface area contributed by atoms with Crippen molar-refractivity contribution in [2.75, 3.05) is 12.4 Å². The van der Waals surface area contributed by atoms with E-state index in [1.54, 1.807) is 6.20 Å². The van der Waals surface area contributed by atoms with Crippen molar-refractivity contribution in [1.82, 2.24) is 4.98 Å². The summed E-state index contributed by atoms with van der Waals surface area (Å²) >= 11 is 3.51. The zero-order valence-electron chi connectivity index (χ0n) is 18.7.